The molecular weight excluding hydrogens is 400 g/mol. The van der Waals surface area contributed by atoms with E-state index in [-0.39, 0.29) is 12.1 Å². The van der Waals surface area contributed by atoms with E-state index < -0.39 is 0 Å². The third-order valence-electron chi connectivity index (χ3n) is 6.11. The van der Waals surface area contributed by atoms with E-state index in [1.165, 1.54) is 5.56 Å². The molecule has 0 spiro atoms. The van der Waals surface area contributed by atoms with Gasteiger partial charge in [-0.3, -0.25) is 0 Å². The maximum Gasteiger partial charge on any atom is 0.226 e. The number of ether oxygens (including phenoxy) is 2. The summed E-state index contributed by atoms with van der Waals surface area (Å²) in [6.45, 7) is 2.09. The van der Waals surface area contributed by atoms with Gasteiger partial charge in [-0.15, -0.1) is 0 Å². The van der Waals surface area contributed by atoms with Gasteiger partial charge in [-0.1, -0.05) is 54.1 Å². The molecule has 6 rings (SSSR count). The lowest BCUT2D eigenvalue weighted by Crippen LogP contribution is -2.32. The second-order valence-electron chi connectivity index (χ2n) is 8.07. The van der Waals surface area contributed by atoms with Gasteiger partial charge in [-0.05, 0) is 42.3 Å². The summed E-state index contributed by atoms with van der Waals surface area (Å²) in [5.41, 5.74) is 6.50. The Morgan fingerprint density at radius 1 is 0.969 bits per heavy atom. The van der Waals surface area contributed by atoms with Crippen molar-refractivity contribution in [2.45, 2.75) is 19.1 Å². The summed E-state index contributed by atoms with van der Waals surface area (Å²) in [6, 6.07) is 24.6. The van der Waals surface area contributed by atoms with Gasteiger partial charge in [0.1, 0.15) is 30.0 Å². The molecule has 32 heavy (non-hydrogen) atoms. The first-order valence-corrected chi connectivity index (χ1v) is 10.6. The third-order valence-corrected chi connectivity index (χ3v) is 6.11. The van der Waals surface area contributed by atoms with Crippen LogP contribution in [0.1, 0.15) is 34.4 Å². The second kappa shape index (κ2) is 7.27. The minimum Gasteiger partial charge on any atom is -0.497 e. The summed E-state index contributed by atoms with van der Waals surface area (Å²) in [5.74, 6) is 2.35. The zero-order valence-corrected chi connectivity index (χ0v) is 17.8. The van der Waals surface area contributed by atoms with Crippen LogP contribution in [-0.2, 0) is 0 Å². The SMILES string of the molecule is COc1cccc([C@@H]2C3=C(Nc4ncnn42)c2ccccc2O[C@H]3c2ccc(C)cc2)c1. The van der Waals surface area contributed by atoms with Crippen LogP contribution in [-0.4, -0.2) is 21.9 Å². The molecule has 6 heteroatoms. The maximum atomic E-state index is 6.64. The van der Waals surface area contributed by atoms with E-state index in [1.807, 2.05) is 35.0 Å². The summed E-state index contributed by atoms with van der Waals surface area (Å²) >= 11 is 0. The number of fused-ring (bicyclic) bond motifs is 3. The Balaban J connectivity index is 1.62. The molecule has 2 atom stereocenters. The molecule has 0 saturated carbocycles. The van der Waals surface area contributed by atoms with Gasteiger partial charge in [0.05, 0.1) is 12.8 Å². The van der Waals surface area contributed by atoms with Gasteiger partial charge in [-0.2, -0.15) is 10.1 Å². The van der Waals surface area contributed by atoms with Crippen molar-refractivity contribution in [2.75, 3.05) is 12.4 Å². The second-order valence-corrected chi connectivity index (χ2v) is 8.07. The molecule has 0 bridgehead atoms. The van der Waals surface area contributed by atoms with Crippen molar-refractivity contribution in [3.05, 3.63) is 107 Å². The van der Waals surface area contributed by atoms with Crippen LogP contribution in [0.25, 0.3) is 5.70 Å². The zero-order valence-electron chi connectivity index (χ0n) is 17.8. The topological polar surface area (TPSA) is 61.2 Å². The number of benzene rings is 3. The molecule has 0 aliphatic carbocycles. The average Bonchev–Trinajstić information content (AvgIpc) is 3.31. The van der Waals surface area contributed by atoms with Crippen molar-refractivity contribution in [2.24, 2.45) is 0 Å². The fraction of sp³-hybridized carbons (Fsp3) is 0.154. The van der Waals surface area contributed by atoms with Gasteiger partial charge in [0.25, 0.3) is 0 Å². The van der Waals surface area contributed by atoms with Gasteiger partial charge in [-0.25, -0.2) is 4.68 Å². The van der Waals surface area contributed by atoms with Crippen LogP contribution in [0.3, 0.4) is 0 Å². The molecule has 2 aliphatic heterocycles. The van der Waals surface area contributed by atoms with Crippen LogP contribution in [0.5, 0.6) is 11.5 Å². The zero-order chi connectivity index (χ0) is 21.7. The molecule has 1 N–H and O–H groups in total. The van der Waals surface area contributed by atoms with Gasteiger partial charge in [0, 0.05) is 11.1 Å². The Hall–Kier alpha value is -4.06. The summed E-state index contributed by atoms with van der Waals surface area (Å²) in [5, 5.41) is 8.10. The fourth-order valence-electron chi connectivity index (χ4n) is 4.57. The van der Waals surface area contributed by atoms with Crippen LogP contribution in [0.2, 0.25) is 0 Å². The standard InChI is InChI=1S/C26H22N4O2/c1-16-10-12-17(13-11-16)25-22-23(20-8-3-4-9-21(20)32-25)29-26-27-15-28-30(26)24(22)18-6-5-7-19(14-18)31-2/h3-15,24-25H,1-2H3,(H,27,28,29)/t24-,25+/m1/s1. The van der Waals surface area contributed by atoms with Crippen LogP contribution in [0, 0.1) is 6.92 Å². The highest BCUT2D eigenvalue weighted by Crippen LogP contribution is 2.50. The molecule has 0 radical (unpaired) electrons. The Labute approximate surface area is 186 Å². The number of nitrogens with one attached hydrogen (secondary N) is 1. The highest BCUT2D eigenvalue weighted by atomic mass is 16.5. The van der Waals surface area contributed by atoms with Crippen molar-refractivity contribution in [3.63, 3.8) is 0 Å². The predicted molar refractivity (Wildman–Crippen MR) is 123 cm³/mol. The molecule has 0 fully saturated rings. The fourth-order valence-corrected chi connectivity index (χ4v) is 4.57. The normalized spacial score (nSPS) is 18.7. The van der Waals surface area contributed by atoms with Crippen molar-refractivity contribution in [1.82, 2.24) is 14.8 Å². The number of para-hydroxylation sites is 1. The lowest BCUT2D eigenvalue weighted by molar-refractivity contribution is 0.223. The average molecular weight is 422 g/mol. The molecule has 0 amide bonds. The molecule has 0 saturated heterocycles. The van der Waals surface area contributed by atoms with E-state index in [1.54, 1.807) is 13.4 Å². The van der Waals surface area contributed by atoms with E-state index in [2.05, 4.69) is 64.8 Å². The van der Waals surface area contributed by atoms with Gasteiger partial charge >= 0.3 is 0 Å². The molecule has 3 heterocycles. The molecule has 0 unspecified atom stereocenters. The number of hydrogen-bond donors (Lipinski definition) is 1. The Morgan fingerprint density at radius 3 is 2.66 bits per heavy atom. The van der Waals surface area contributed by atoms with Crippen LogP contribution in [0.15, 0.2) is 84.7 Å². The van der Waals surface area contributed by atoms with Crippen molar-refractivity contribution in [3.8, 4) is 11.5 Å². The van der Waals surface area contributed by atoms with Crippen LogP contribution < -0.4 is 14.8 Å². The van der Waals surface area contributed by atoms with Crippen LogP contribution in [0.4, 0.5) is 5.95 Å². The van der Waals surface area contributed by atoms with E-state index in [4.69, 9.17) is 9.47 Å². The quantitative estimate of drug-likeness (QED) is 0.494. The van der Waals surface area contributed by atoms with E-state index in [9.17, 15) is 0 Å². The number of anilines is 1. The number of aromatic nitrogens is 3. The first kappa shape index (κ1) is 18.7. The van der Waals surface area contributed by atoms with E-state index in [0.29, 0.717) is 5.95 Å². The molecule has 4 aromatic rings. The summed E-state index contributed by atoms with van der Waals surface area (Å²) in [6.07, 6.45) is 1.31. The lowest BCUT2D eigenvalue weighted by atomic mass is 9.84. The summed E-state index contributed by atoms with van der Waals surface area (Å²) in [7, 11) is 1.68. The van der Waals surface area contributed by atoms with Crippen molar-refractivity contribution in [1.29, 1.82) is 0 Å². The molecule has 158 valence electrons. The molecule has 2 aliphatic rings. The highest BCUT2D eigenvalue weighted by molar-refractivity contribution is 5.85. The van der Waals surface area contributed by atoms with Crippen molar-refractivity contribution >= 4 is 11.6 Å². The predicted octanol–water partition coefficient (Wildman–Crippen LogP) is 5.16. The highest BCUT2D eigenvalue weighted by Gasteiger charge is 2.40. The summed E-state index contributed by atoms with van der Waals surface area (Å²) in [4.78, 5) is 4.48. The number of rotatable bonds is 3. The number of nitrogens with zero attached hydrogens (tertiary/aromatic N) is 3. The third kappa shape index (κ3) is 2.87. The lowest BCUT2D eigenvalue weighted by Gasteiger charge is -2.39. The Kier molecular flexibility index (Phi) is 4.24. The molecular formula is C26H22N4O2. The largest absolute Gasteiger partial charge is 0.497 e. The molecule has 3 aromatic carbocycles. The van der Waals surface area contributed by atoms with E-state index in [0.717, 1.165) is 39.5 Å². The first-order chi connectivity index (χ1) is 15.7. The number of hydrogen-bond acceptors (Lipinski definition) is 5. The monoisotopic (exact) mass is 422 g/mol. The minimum absolute atomic E-state index is 0.196. The minimum atomic E-state index is -0.276. The van der Waals surface area contributed by atoms with Crippen LogP contribution >= 0.6 is 0 Å². The van der Waals surface area contributed by atoms with E-state index >= 15 is 0 Å². The van der Waals surface area contributed by atoms with Crippen molar-refractivity contribution < 1.29 is 9.47 Å². The van der Waals surface area contributed by atoms with Gasteiger partial charge in [0.2, 0.25) is 5.95 Å². The maximum absolute atomic E-state index is 6.64. The van der Waals surface area contributed by atoms with Gasteiger partial charge < -0.3 is 14.8 Å². The molecule has 1 aromatic heterocycles. The van der Waals surface area contributed by atoms with Gasteiger partial charge in [0.15, 0.2) is 0 Å². The Bertz CT molecular complexity index is 1340. The smallest absolute Gasteiger partial charge is 0.226 e. The summed E-state index contributed by atoms with van der Waals surface area (Å²) < 4.78 is 14.1. The number of aryl methyl sites for hydroxylation is 1. The number of methoxy groups -OCH3 is 1. The first-order valence-electron chi connectivity index (χ1n) is 10.6. The molecule has 6 nitrogen and oxygen atoms in total. The Morgan fingerprint density at radius 2 is 1.81 bits per heavy atom.